The minimum Gasteiger partial charge on any atom is -0.442 e. The maximum absolute atomic E-state index is 12.2. The average Bonchev–Trinajstić information content (AvgIpc) is 3.36. The Balaban J connectivity index is 1.49. The molecule has 3 heterocycles. The highest BCUT2D eigenvalue weighted by atomic mass is 16.6. The molecule has 1 aromatic carbocycles. The maximum atomic E-state index is 12.2. The smallest absolute Gasteiger partial charge is 0.414 e. The molecule has 0 radical (unpaired) electrons. The molecule has 0 unspecified atom stereocenters. The number of ether oxygens (including phenoxy) is 1. The van der Waals surface area contributed by atoms with Gasteiger partial charge in [-0.2, -0.15) is 5.10 Å². The molecule has 1 atom stereocenters. The quantitative estimate of drug-likeness (QED) is 0.646. The van der Waals surface area contributed by atoms with Gasteiger partial charge in [0.2, 0.25) is 0 Å². The van der Waals surface area contributed by atoms with Crippen molar-refractivity contribution in [3.05, 3.63) is 48.4 Å². The van der Waals surface area contributed by atoms with Crippen LogP contribution in [0.25, 0.3) is 11.3 Å². The van der Waals surface area contributed by atoms with Gasteiger partial charge in [-0.3, -0.25) is 14.4 Å². The molecule has 0 aliphatic carbocycles. The highest BCUT2D eigenvalue weighted by molar-refractivity contribution is 5.90. The van der Waals surface area contributed by atoms with E-state index in [0.717, 1.165) is 17.5 Å². The monoisotopic (exact) mass is 352 g/mol. The summed E-state index contributed by atoms with van der Waals surface area (Å²) in [5, 5.41) is 11.9. The standard InChI is InChI=1S/C17H16N6O3/c1-21-14(11-24)8-16(19-21)12-2-4-13(5-3-12)23-10-15(26-17(23)25)9-22-7-6-18-20-22/h2-8,11,15H,9-10H2,1H3/t15-/m0/s1. The van der Waals surface area contributed by atoms with Crippen LogP contribution < -0.4 is 4.90 Å². The third kappa shape index (κ3) is 2.94. The van der Waals surface area contributed by atoms with Crippen molar-refractivity contribution in [2.75, 3.05) is 11.4 Å². The summed E-state index contributed by atoms with van der Waals surface area (Å²) >= 11 is 0. The van der Waals surface area contributed by atoms with Crippen LogP contribution in [0.4, 0.5) is 10.5 Å². The van der Waals surface area contributed by atoms with Crippen molar-refractivity contribution in [2.45, 2.75) is 12.6 Å². The number of carbonyl (C=O) groups excluding carboxylic acids is 2. The van der Waals surface area contributed by atoms with Crippen molar-refractivity contribution in [1.29, 1.82) is 0 Å². The summed E-state index contributed by atoms with van der Waals surface area (Å²) in [6.07, 6.45) is 3.41. The SMILES string of the molecule is Cn1nc(-c2ccc(N3C[C@H](Cn4ccnn4)OC3=O)cc2)cc1C=O. The first kappa shape index (κ1) is 16.0. The number of hydrogen-bond donors (Lipinski definition) is 0. The van der Waals surface area contributed by atoms with Crippen molar-refractivity contribution < 1.29 is 14.3 Å². The predicted molar refractivity (Wildman–Crippen MR) is 91.7 cm³/mol. The molecule has 9 heteroatoms. The number of aldehydes is 1. The van der Waals surface area contributed by atoms with Crippen LogP contribution in [-0.4, -0.2) is 49.8 Å². The Kier molecular flexibility index (Phi) is 3.96. The van der Waals surface area contributed by atoms with Gasteiger partial charge in [-0.15, -0.1) is 5.10 Å². The van der Waals surface area contributed by atoms with Gasteiger partial charge in [0, 0.05) is 24.5 Å². The van der Waals surface area contributed by atoms with Crippen LogP contribution >= 0.6 is 0 Å². The summed E-state index contributed by atoms with van der Waals surface area (Å²) in [4.78, 5) is 24.7. The molecule has 1 saturated heterocycles. The van der Waals surface area contributed by atoms with E-state index in [0.29, 0.717) is 24.5 Å². The zero-order chi connectivity index (χ0) is 18.1. The number of benzene rings is 1. The largest absolute Gasteiger partial charge is 0.442 e. The molecule has 0 spiro atoms. The second-order valence-electron chi connectivity index (χ2n) is 5.98. The first-order valence-electron chi connectivity index (χ1n) is 8.06. The first-order valence-corrected chi connectivity index (χ1v) is 8.06. The fourth-order valence-corrected chi connectivity index (χ4v) is 2.91. The van der Waals surface area contributed by atoms with E-state index in [-0.39, 0.29) is 12.2 Å². The Labute approximate surface area is 148 Å². The molecule has 0 saturated carbocycles. The highest BCUT2D eigenvalue weighted by Crippen LogP contribution is 2.26. The van der Waals surface area contributed by atoms with Gasteiger partial charge in [0.15, 0.2) is 6.29 Å². The fourth-order valence-electron chi connectivity index (χ4n) is 2.91. The Hall–Kier alpha value is -3.49. The van der Waals surface area contributed by atoms with Gasteiger partial charge in [-0.05, 0) is 18.2 Å². The zero-order valence-electron chi connectivity index (χ0n) is 14.0. The first-order chi connectivity index (χ1) is 12.6. The molecule has 3 aromatic rings. The number of aryl methyl sites for hydroxylation is 1. The van der Waals surface area contributed by atoms with Crippen molar-refractivity contribution in [3.63, 3.8) is 0 Å². The lowest BCUT2D eigenvalue weighted by Gasteiger charge is -2.13. The summed E-state index contributed by atoms with van der Waals surface area (Å²) in [5.74, 6) is 0. The molecule has 0 bridgehead atoms. The van der Waals surface area contributed by atoms with Crippen molar-refractivity contribution >= 4 is 18.1 Å². The number of amides is 1. The molecule has 26 heavy (non-hydrogen) atoms. The van der Waals surface area contributed by atoms with E-state index in [1.165, 1.54) is 4.68 Å². The summed E-state index contributed by atoms with van der Waals surface area (Å²) in [6.45, 7) is 0.902. The predicted octanol–water partition coefficient (Wildman–Crippen LogP) is 1.52. The number of nitrogens with zero attached hydrogens (tertiary/aromatic N) is 6. The topological polar surface area (TPSA) is 95.1 Å². The van der Waals surface area contributed by atoms with Gasteiger partial charge in [0.05, 0.1) is 25.0 Å². The van der Waals surface area contributed by atoms with Crippen LogP contribution in [0.3, 0.4) is 0 Å². The van der Waals surface area contributed by atoms with E-state index < -0.39 is 0 Å². The van der Waals surface area contributed by atoms with Crippen LogP contribution in [-0.2, 0) is 18.3 Å². The summed E-state index contributed by atoms with van der Waals surface area (Å²) < 4.78 is 8.56. The lowest BCUT2D eigenvalue weighted by molar-refractivity contribution is 0.111. The molecule has 1 fully saturated rings. The Bertz CT molecular complexity index is 932. The third-order valence-corrected chi connectivity index (χ3v) is 4.25. The second kappa shape index (κ2) is 6.43. The van der Waals surface area contributed by atoms with Crippen molar-refractivity contribution in [2.24, 2.45) is 7.05 Å². The fraction of sp³-hybridized carbons (Fsp3) is 0.235. The molecule has 2 aromatic heterocycles. The summed E-state index contributed by atoms with van der Waals surface area (Å²) in [6, 6.07) is 9.13. The van der Waals surface area contributed by atoms with Crippen molar-refractivity contribution in [1.82, 2.24) is 24.8 Å². The van der Waals surface area contributed by atoms with E-state index in [4.69, 9.17) is 4.74 Å². The molecule has 4 rings (SSSR count). The molecule has 1 aliphatic rings. The van der Waals surface area contributed by atoms with Gasteiger partial charge >= 0.3 is 6.09 Å². The van der Waals surface area contributed by atoms with Crippen LogP contribution in [0, 0.1) is 0 Å². The Morgan fingerprint density at radius 3 is 2.77 bits per heavy atom. The van der Waals surface area contributed by atoms with Crippen LogP contribution in [0.5, 0.6) is 0 Å². The highest BCUT2D eigenvalue weighted by Gasteiger charge is 2.32. The molecular formula is C17H16N6O3. The summed E-state index contributed by atoms with van der Waals surface area (Å²) in [7, 11) is 1.72. The van der Waals surface area contributed by atoms with Gasteiger partial charge in [-0.1, -0.05) is 17.3 Å². The molecule has 1 amide bonds. The number of carbonyl (C=O) groups is 2. The Morgan fingerprint density at radius 1 is 1.31 bits per heavy atom. The number of cyclic esters (lactones) is 1. The van der Waals surface area contributed by atoms with Crippen LogP contribution in [0.15, 0.2) is 42.7 Å². The minimum atomic E-state index is -0.385. The van der Waals surface area contributed by atoms with E-state index in [9.17, 15) is 9.59 Å². The molecular weight excluding hydrogens is 336 g/mol. The third-order valence-electron chi connectivity index (χ3n) is 4.25. The number of anilines is 1. The molecule has 1 aliphatic heterocycles. The molecule has 9 nitrogen and oxygen atoms in total. The van der Waals surface area contributed by atoms with E-state index in [2.05, 4.69) is 15.4 Å². The van der Waals surface area contributed by atoms with Crippen LogP contribution in [0.2, 0.25) is 0 Å². The van der Waals surface area contributed by atoms with Gasteiger partial charge in [-0.25, -0.2) is 9.48 Å². The van der Waals surface area contributed by atoms with Gasteiger partial charge in [0.25, 0.3) is 0 Å². The van der Waals surface area contributed by atoms with Crippen LogP contribution in [0.1, 0.15) is 10.5 Å². The number of aromatic nitrogens is 5. The minimum absolute atomic E-state index is 0.283. The molecule has 0 N–H and O–H groups in total. The molecule has 132 valence electrons. The van der Waals surface area contributed by atoms with E-state index in [1.807, 2.05) is 24.3 Å². The number of hydrogen-bond acceptors (Lipinski definition) is 6. The maximum Gasteiger partial charge on any atom is 0.414 e. The second-order valence-corrected chi connectivity index (χ2v) is 5.98. The Morgan fingerprint density at radius 2 is 2.12 bits per heavy atom. The lowest BCUT2D eigenvalue weighted by Crippen LogP contribution is -2.26. The van der Waals surface area contributed by atoms with Crippen molar-refractivity contribution in [3.8, 4) is 11.3 Å². The van der Waals surface area contributed by atoms with E-state index >= 15 is 0 Å². The average molecular weight is 352 g/mol. The lowest BCUT2D eigenvalue weighted by atomic mass is 10.1. The summed E-state index contributed by atoms with van der Waals surface area (Å²) in [5.41, 5.74) is 2.81. The van der Waals surface area contributed by atoms with Gasteiger partial charge < -0.3 is 4.74 Å². The van der Waals surface area contributed by atoms with E-state index in [1.54, 1.807) is 35.1 Å². The number of rotatable bonds is 5. The zero-order valence-corrected chi connectivity index (χ0v) is 14.0. The van der Waals surface area contributed by atoms with Gasteiger partial charge in [0.1, 0.15) is 11.8 Å². The normalized spacial score (nSPS) is 16.7.